The number of hydrogen-bond acceptors (Lipinski definition) is 5. The van der Waals surface area contributed by atoms with Crippen LogP contribution < -0.4 is 0 Å². The Labute approximate surface area is 96.7 Å². The highest BCUT2D eigenvalue weighted by molar-refractivity contribution is 5.75. The molecule has 6 heteroatoms. The van der Waals surface area contributed by atoms with Gasteiger partial charge in [-0.3, -0.25) is 0 Å². The molecule has 0 N–H and O–H groups in total. The zero-order valence-corrected chi connectivity index (χ0v) is 9.18. The Balaban J connectivity index is 2.12. The maximum absolute atomic E-state index is 12.7. The number of aryl methyl sites for hydroxylation is 1. The van der Waals surface area contributed by atoms with Crippen LogP contribution in [0.25, 0.3) is 11.5 Å². The Bertz CT molecular complexity index is 522. The third kappa shape index (κ3) is 2.93. The van der Waals surface area contributed by atoms with Crippen LogP contribution in [0.3, 0.4) is 0 Å². The summed E-state index contributed by atoms with van der Waals surface area (Å²) in [6.45, 7) is 1.50. The molecule has 2 rings (SSSR count). The van der Waals surface area contributed by atoms with Crippen LogP contribution in [0.4, 0.5) is 4.39 Å². The van der Waals surface area contributed by atoms with Gasteiger partial charge in [-0.15, -0.1) is 0 Å². The SMILES string of the molecule is CC(=O)CCc1nc(-c2ccc(F)cn2)no1. The van der Waals surface area contributed by atoms with Gasteiger partial charge in [0.15, 0.2) is 0 Å². The molecule has 0 aliphatic carbocycles. The number of ketones is 1. The largest absolute Gasteiger partial charge is 0.339 e. The molecule has 0 aliphatic rings. The van der Waals surface area contributed by atoms with Gasteiger partial charge in [-0.25, -0.2) is 9.37 Å². The van der Waals surface area contributed by atoms with E-state index in [1.807, 2.05) is 0 Å². The predicted molar refractivity (Wildman–Crippen MR) is 56.5 cm³/mol. The van der Waals surface area contributed by atoms with Crippen molar-refractivity contribution in [3.8, 4) is 11.5 Å². The number of nitrogens with zero attached hydrogens (tertiary/aromatic N) is 3. The van der Waals surface area contributed by atoms with Crippen LogP contribution in [0.5, 0.6) is 0 Å². The van der Waals surface area contributed by atoms with Gasteiger partial charge in [0.05, 0.1) is 6.20 Å². The zero-order valence-electron chi connectivity index (χ0n) is 9.18. The Hall–Kier alpha value is -2.11. The maximum Gasteiger partial charge on any atom is 0.227 e. The number of aromatic nitrogens is 3. The quantitative estimate of drug-likeness (QED) is 0.808. The molecule has 2 heterocycles. The first-order valence-corrected chi connectivity index (χ1v) is 5.09. The number of carbonyl (C=O) groups is 1. The monoisotopic (exact) mass is 235 g/mol. The lowest BCUT2D eigenvalue weighted by Crippen LogP contribution is -1.94. The lowest BCUT2D eigenvalue weighted by Gasteiger charge is -1.91. The minimum Gasteiger partial charge on any atom is -0.339 e. The van der Waals surface area contributed by atoms with E-state index in [-0.39, 0.29) is 5.78 Å². The van der Waals surface area contributed by atoms with Crippen molar-refractivity contribution < 1.29 is 13.7 Å². The van der Waals surface area contributed by atoms with Crippen molar-refractivity contribution in [2.75, 3.05) is 0 Å². The van der Waals surface area contributed by atoms with Gasteiger partial charge in [0.2, 0.25) is 11.7 Å². The highest BCUT2D eigenvalue weighted by Gasteiger charge is 2.10. The Morgan fingerprint density at radius 2 is 2.29 bits per heavy atom. The summed E-state index contributed by atoms with van der Waals surface area (Å²) in [7, 11) is 0. The predicted octanol–water partition coefficient (Wildman–Crippen LogP) is 1.79. The van der Waals surface area contributed by atoms with Gasteiger partial charge < -0.3 is 9.32 Å². The van der Waals surface area contributed by atoms with Gasteiger partial charge >= 0.3 is 0 Å². The van der Waals surface area contributed by atoms with Gasteiger partial charge in [0, 0.05) is 12.8 Å². The molecule has 0 amide bonds. The fourth-order valence-electron chi connectivity index (χ4n) is 1.25. The average Bonchev–Trinajstić information content (AvgIpc) is 2.76. The molecule has 0 fully saturated rings. The summed E-state index contributed by atoms with van der Waals surface area (Å²) in [6, 6.07) is 2.74. The first-order chi connectivity index (χ1) is 8.15. The lowest BCUT2D eigenvalue weighted by molar-refractivity contribution is -0.117. The van der Waals surface area contributed by atoms with Crippen molar-refractivity contribution in [3.05, 3.63) is 30.0 Å². The van der Waals surface area contributed by atoms with Crippen molar-refractivity contribution >= 4 is 5.78 Å². The first-order valence-electron chi connectivity index (χ1n) is 5.09. The van der Waals surface area contributed by atoms with E-state index in [4.69, 9.17) is 4.52 Å². The van der Waals surface area contributed by atoms with Crippen LogP contribution in [-0.2, 0) is 11.2 Å². The minimum absolute atomic E-state index is 0.0599. The van der Waals surface area contributed by atoms with Crippen molar-refractivity contribution in [1.29, 1.82) is 0 Å². The molecule has 0 spiro atoms. The number of Topliss-reactive ketones (excluding diaryl/α,β-unsaturated/α-hetero) is 1. The summed E-state index contributed by atoms with van der Waals surface area (Å²) in [5, 5.41) is 3.71. The van der Waals surface area contributed by atoms with E-state index in [1.165, 1.54) is 19.1 Å². The van der Waals surface area contributed by atoms with E-state index in [2.05, 4.69) is 15.1 Å². The van der Waals surface area contributed by atoms with Gasteiger partial charge in [0.25, 0.3) is 0 Å². The number of rotatable bonds is 4. The summed E-state index contributed by atoms with van der Waals surface area (Å²) in [5.74, 6) is 0.309. The molecule has 0 unspecified atom stereocenters. The van der Waals surface area contributed by atoms with Gasteiger partial charge in [-0.1, -0.05) is 5.16 Å². The lowest BCUT2D eigenvalue weighted by atomic mass is 10.2. The summed E-state index contributed by atoms with van der Waals surface area (Å²) < 4.78 is 17.6. The smallest absolute Gasteiger partial charge is 0.227 e. The molecule has 0 aliphatic heterocycles. The van der Waals surface area contributed by atoms with Crippen molar-refractivity contribution in [1.82, 2.24) is 15.1 Å². The molecule has 2 aromatic heterocycles. The van der Waals surface area contributed by atoms with Crippen molar-refractivity contribution in [3.63, 3.8) is 0 Å². The van der Waals surface area contributed by atoms with Crippen LogP contribution in [0.15, 0.2) is 22.9 Å². The van der Waals surface area contributed by atoms with E-state index < -0.39 is 5.82 Å². The summed E-state index contributed by atoms with van der Waals surface area (Å²) in [4.78, 5) is 18.7. The third-order valence-electron chi connectivity index (χ3n) is 2.12. The van der Waals surface area contributed by atoms with Gasteiger partial charge in [-0.2, -0.15) is 4.98 Å². The standard InChI is InChI=1S/C11H10FN3O2/c1-7(16)2-5-10-14-11(15-17-10)9-4-3-8(12)6-13-9/h3-4,6H,2,5H2,1H3. The molecule has 0 atom stereocenters. The molecule has 0 bridgehead atoms. The Kier molecular flexibility index (Phi) is 3.22. The number of pyridine rings is 1. The molecule has 0 saturated carbocycles. The highest BCUT2D eigenvalue weighted by atomic mass is 19.1. The van der Waals surface area contributed by atoms with Gasteiger partial charge in [-0.05, 0) is 19.1 Å². The maximum atomic E-state index is 12.7. The van der Waals surface area contributed by atoms with E-state index >= 15 is 0 Å². The third-order valence-corrected chi connectivity index (χ3v) is 2.12. The number of hydrogen-bond donors (Lipinski definition) is 0. The van der Waals surface area contributed by atoms with E-state index in [0.717, 1.165) is 6.20 Å². The number of halogens is 1. The van der Waals surface area contributed by atoms with Crippen LogP contribution >= 0.6 is 0 Å². The molecule has 2 aromatic rings. The molecule has 17 heavy (non-hydrogen) atoms. The van der Waals surface area contributed by atoms with Crippen LogP contribution in [0.1, 0.15) is 19.2 Å². The topological polar surface area (TPSA) is 68.9 Å². The minimum atomic E-state index is -0.422. The summed E-state index contributed by atoms with van der Waals surface area (Å²) in [6.07, 6.45) is 1.85. The second-order valence-electron chi connectivity index (χ2n) is 3.58. The second kappa shape index (κ2) is 4.82. The highest BCUT2D eigenvalue weighted by Crippen LogP contribution is 2.13. The zero-order chi connectivity index (χ0) is 12.3. The molecule has 88 valence electrons. The molecular weight excluding hydrogens is 225 g/mol. The summed E-state index contributed by atoms with van der Waals surface area (Å²) >= 11 is 0. The summed E-state index contributed by atoms with van der Waals surface area (Å²) in [5.41, 5.74) is 0.434. The van der Waals surface area contributed by atoms with E-state index in [9.17, 15) is 9.18 Å². The molecule has 0 radical (unpaired) electrons. The van der Waals surface area contributed by atoms with Crippen LogP contribution in [0.2, 0.25) is 0 Å². The van der Waals surface area contributed by atoms with Crippen molar-refractivity contribution in [2.45, 2.75) is 19.8 Å². The van der Waals surface area contributed by atoms with E-state index in [1.54, 1.807) is 0 Å². The Morgan fingerprint density at radius 3 is 2.94 bits per heavy atom. The molecular formula is C11H10FN3O2. The second-order valence-corrected chi connectivity index (χ2v) is 3.58. The fraction of sp³-hybridized carbons (Fsp3) is 0.273. The van der Waals surface area contributed by atoms with Crippen molar-refractivity contribution in [2.24, 2.45) is 0 Å². The molecule has 0 saturated heterocycles. The fourth-order valence-corrected chi connectivity index (χ4v) is 1.25. The number of carbonyl (C=O) groups excluding carboxylic acids is 1. The molecule has 0 aromatic carbocycles. The van der Waals surface area contributed by atoms with E-state index in [0.29, 0.717) is 30.3 Å². The molecule has 5 nitrogen and oxygen atoms in total. The van der Waals surface area contributed by atoms with Gasteiger partial charge in [0.1, 0.15) is 17.3 Å². The average molecular weight is 235 g/mol. The normalized spacial score (nSPS) is 10.5. The Morgan fingerprint density at radius 1 is 1.47 bits per heavy atom. The van der Waals surface area contributed by atoms with Crippen LogP contribution in [0, 0.1) is 5.82 Å². The van der Waals surface area contributed by atoms with Crippen LogP contribution in [-0.4, -0.2) is 20.9 Å². The first kappa shape index (κ1) is 11.4.